The standard InChI is InChI=1S/C15H24N4OS/c1-19(11-8-3-2-4-9-11)14(20)12-13(16)18-15(21-12)17-10-6-5-7-10/h10-11H,2-9,16H2,1H3,(H,17,18). The number of nitrogens with two attached hydrogens (primary N) is 1. The molecular formula is C15H24N4OS. The topological polar surface area (TPSA) is 71.2 Å². The van der Waals surface area contributed by atoms with Crippen LogP contribution in [0.15, 0.2) is 0 Å². The van der Waals surface area contributed by atoms with Crippen molar-refractivity contribution in [2.45, 2.75) is 63.5 Å². The van der Waals surface area contributed by atoms with E-state index < -0.39 is 0 Å². The Balaban J connectivity index is 1.67. The summed E-state index contributed by atoms with van der Waals surface area (Å²) >= 11 is 1.40. The van der Waals surface area contributed by atoms with Crippen molar-refractivity contribution in [1.82, 2.24) is 9.88 Å². The van der Waals surface area contributed by atoms with Gasteiger partial charge in [0.2, 0.25) is 0 Å². The highest BCUT2D eigenvalue weighted by Crippen LogP contribution is 2.31. The maximum absolute atomic E-state index is 12.6. The number of anilines is 2. The normalized spacial score (nSPS) is 20.0. The molecular weight excluding hydrogens is 284 g/mol. The number of nitrogens with one attached hydrogen (secondary N) is 1. The van der Waals surface area contributed by atoms with E-state index in [1.165, 1.54) is 49.9 Å². The second-order valence-electron chi connectivity index (χ2n) is 6.21. The molecule has 6 heteroatoms. The van der Waals surface area contributed by atoms with Crippen molar-refractivity contribution in [3.8, 4) is 0 Å². The number of rotatable bonds is 4. The third-order valence-electron chi connectivity index (χ3n) is 4.72. The second-order valence-corrected chi connectivity index (χ2v) is 7.21. The van der Waals surface area contributed by atoms with Crippen LogP contribution in [0.4, 0.5) is 10.9 Å². The van der Waals surface area contributed by atoms with Crippen LogP contribution >= 0.6 is 11.3 Å². The highest BCUT2D eigenvalue weighted by Gasteiger charge is 2.27. The number of hydrogen-bond acceptors (Lipinski definition) is 5. The van der Waals surface area contributed by atoms with Crippen LogP contribution in [-0.2, 0) is 0 Å². The summed E-state index contributed by atoms with van der Waals surface area (Å²) < 4.78 is 0. The Kier molecular flexibility index (Phi) is 4.33. The van der Waals surface area contributed by atoms with E-state index in [0.29, 0.717) is 22.8 Å². The molecule has 0 saturated heterocycles. The highest BCUT2D eigenvalue weighted by atomic mass is 32.1. The van der Waals surface area contributed by atoms with E-state index in [2.05, 4.69) is 10.3 Å². The summed E-state index contributed by atoms with van der Waals surface area (Å²) in [5.41, 5.74) is 5.96. The molecule has 2 saturated carbocycles. The van der Waals surface area contributed by atoms with Crippen molar-refractivity contribution in [3.63, 3.8) is 0 Å². The number of carbonyl (C=O) groups is 1. The Hall–Kier alpha value is -1.30. The molecule has 3 N–H and O–H groups in total. The van der Waals surface area contributed by atoms with Crippen molar-refractivity contribution in [3.05, 3.63) is 4.88 Å². The van der Waals surface area contributed by atoms with Gasteiger partial charge in [0, 0.05) is 19.1 Å². The monoisotopic (exact) mass is 308 g/mol. The van der Waals surface area contributed by atoms with Gasteiger partial charge in [0.25, 0.3) is 5.91 Å². The zero-order chi connectivity index (χ0) is 14.8. The Morgan fingerprint density at radius 1 is 1.24 bits per heavy atom. The lowest BCUT2D eigenvalue weighted by Crippen LogP contribution is -2.38. The SMILES string of the molecule is CN(C(=O)c1sc(NC2CCC2)nc1N)C1CCCCC1. The van der Waals surface area contributed by atoms with Gasteiger partial charge in [0.15, 0.2) is 5.13 Å². The van der Waals surface area contributed by atoms with Gasteiger partial charge in [0.05, 0.1) is 0 Å². The molecule has 0 spiro atoms. The summed E-state index contributed by atoms with van der Waals surface area (Å²) in [6.07, 6.45) is 9.58. The van der Waals surface area contributed by atoms with Gasteiger partial charge in [-0.3, -0.25) is 4.79 Å². The maximum Gasteiger partial charge on any atom is 0.267 e. The lowest BCUT2D eigenvalue weighted by atomic mass is 9.93. The average molecular weight is 308 g/mol. The number of nitrogens with zero attached hydrogens (tertiary/aromatic N) is 2. The molecule has 2 aliphatic rings. The molecule has 0 unspecified atom stereocenters. The van der Waals surface area contributed by atoms with E-state index in [-0.39, 0.29) is 5.91 Å². The molecule has 1 aromatic heterocycles. The molecule has 0 aromatic carbocycles. The van der Waals surface area contributed by atoms with Gasteiger partial charge in [-0.05, 0) is 32.1 Å². The van der Waals surface area contributed by atoms with Gasteiger partial charge in [-0.1, -0.05) is 30.6 Å². The number of hydrogen-bond donors (Lipinski definition) is 2. The first-order chi connectivity index (χ1) is 10.1. The summed E-state index contributed by atoms with van der Waals surface area (Å²) in [5.74, 6) is 0.396. The first-order valence-corrected chi connectivity index (χ1v) is 8.77. The van der Waals surface area contributed by atoms with E-state index in [9.17, 15) is 4.79 Å². The minimum Gasteiger partial charge on any atom is -0.382 e. The van der Waals surface area contributed by atoms with Crippen LogP contribution < -0.4 is 11.1 Å². The minimum absolute atomic E-state index is 0.0264. The molecule has 0 atom stereocenters. The number of amides is 1. The number of nitrogen functional groups attached to an aromatic ring is 1. The molecule has 2 aliphatic carbocycles. The second kappa shape index (κ2) is 6.22. The third-order valence-corrected chi connectivity index (χ3v) is 5.71. The first kappa shape index (κ1) is 14.6. The van der Waals surface area contributed by atoms with Crippen LogP contribution in [0.1, 0.15) is 61.0 Å². The molecule has 1 heterocycles. The smallest absolute Gasteiger partial charge is 0.267 e. The van der Waals surface area contributed by atoms with Crippen LogP contribution in [0.25, 0.3) is 0 Å². The van der Waals surface area contributed by atoms with Crippen molar-refractivity contribution in [2.75, 3.05) is 18.1 Å². The summed E-state index contributed by atoms with van der Waals surface area (Å²) in [6.45, 7) is 0. The van der Waals surface area contributed by atoms with E-state index >= 15 is 0 Å². The summed E-state index contributed by atoms with van der Waals surface area (Å²) in [7, 11) is 1.90. The van der Waals surface area contributed by atoms with E-state index in [1.54, 1.807) is 0 Å². The molecule has 116 valence electrons. The van der Waals surface area contributed by atoms with E-state index in [4.69, 9.17) is 5.73 Å². The molecule has 0 radical (unpaired) electrons. The Labute approximate surface area is 129 Å². The fraction of sp³-hybridized carbons (Fsp3) is 0.733. The quantitative estimate of drug-likeness (QED) is 0.896. The van der Waals surface area contributed by atoms with Crippen LogP contribution in [0.3, 0.4) is 0 Å². The fourth-order valence-corrected chi connectivity index (χ4v) is 4.01. The third kappa shape index (κ3) is 3.15. The van der Waals surface area contributed by atoms with Crippen LogP contribution in [-0.4, -0.2) is 34.9 Å². The molecule has 21 heavy (non-hydrogen) atoms. The minimum atomic E-state index is 0.0264. The average Bonchev–Trinajstić information content (AvgIpc) is 2.83. The largest absolute Gasteiger partial charge is 0.382 e. The predicted octanol–water partition coefficient (Wildman–Crippen LogP) is 3.09. The van der Waals surface area contributed by atoms with Crippen molar-refractivity contribution in [1.29, 1.82) is 0 Å². The molecule has 3 rings (SSSR count). The summed E-state index contributed by atoms with van der Waals surface area (Å²) in [5, 5.41) is 4.16. The van der Waals surface area contributed by atoms with Gasteiger partial charge in [-0.25, -0.2) is 4.98 Å². The molecule has 0 bridgehead atoms. The van der Waals surface area contributed by atoms with Gasteiger partial charge in [-0.2, -0.15) is 0 Å². The fourth-order valence-electron chi connectivity index (χ4n) is 3.07. The van der Waals surface area contributed by atoms with Gasteiger partial charge in [-0.15, -0.1) is 0 Å². The first-order valence-electron chi connectivity index (χ1n) is 7.95. The lowest BCUT2D eigenvalue weighted by Gasteiger charge is -2.30. The molecule has 0 aliphatic heterocycles. The van der Waals surface area contributed by atoms with Crippen molar-refractivity contribution >= 4 is 28.2 Å². The van der Waals surface area contributed by atoms with Crippen LogP contribution in [0.2, 0.25) is 0 Å². The van der Waals surface area contributed by atoms with Crippen LogP contribution in [0, 0.1) is 0 Å². The molecule has 1 aromatic rings. The van der Waals surface area contributed by atoms with Gasteiger partial charge < -0.3 is 16.0 Å². The maximum atomic E-state index is 12.6. The number of carbonyl (C=O) groups excluding carboxylic acids is 1. The van der Waals surface area contributed by atoms with Gasteiger partial charge >= 0.3 is 0 Å². The molecule has 2 fully saturated rings. The molecule has 1 amide bonds. The Morgan fingerprint density at radius 3 is 2.57 bits per heavy atom. The number of thiazole rings is 1. The van der Waals surface area contributed by atoms with Crippen molar-refractivity contribution < 1.29 is 4.79 Å². The van der Waals surface area contributed by atoms with Crippen LogP contribution in [0.5, 0.6) is 0 Å². The Bertz CT molecular complexity index is 506. The zero-order valence-corrected chi connectivity index (χ0v) is 13.4. The zero-order valence-electron chi connectivity index (χ0n) is 12.6. The summed E-state index contributed by atoms with van der Waals surface area (Å²) in [6, 6.07) is 0.866. The number of aromatic nitrogens is 1. The Morgan fingerprint density at radius 2 is 1.95 bits per heavy atom. The molecule has 5 nitrogen and oxygen atoms in total. The lowest BCUT2D eigenvalue weighted by molar-refractivity contribution is 0.0702. The predicted molar refractivity (Wildman–Crippen MR) is 86.8 cm³/mol. The van der Waals surface area contributed by atoms with E-state index in [0.717, 1.165) is 18.0 Å². The van der Waals surface area contributed by atoms with Gasteiger partial charge in [0.1, 0.15) is 10.7 Å². The van der Waals surface area contributed by atoms with E-state index in [1.807, 2.05) is 11.9 Å². The highest BCUT2D eigenvalue weighted by molar-refractivity contribution is 7.18. The van der Waals surface area contributed by atoms with Crippen molar-refractivity contribution in [2.24, 2.45) is 0 Å². The summed E-state index contributed by atoms with van der Waals surface area (Å²) in [4.78, 5) is 19.4.